The molecule has 0 spiro atoms. The molecule has 4 nitrogen and oxygen atoms in total. The lowest BCUT2D eigenvalue weighted by molar-refractivity contribution is 0.100. The van der Waals surface area contributed by atoms with E-state index in [1.165, 1.54) is 0 Å². The van der Waals surface area contributed by atoms with Crippen molar-refractivity contribution in [3.05, 3.63) is 59.2 Å². The molecule has 0 aromatic heterocycles. The van der Waals surface area contributed by atoms with Crippen LogP contribution < -0.4 is 11.1 Å². The third kappa shape index (κ3) is 3.25. The molecule has 0 aliphatic rings. The molecule has 0 bridgehead atoms. The average molecular weight is 256 g/mol. The fraction of sp³-hybridized carbons (Fsp3) is 0.133. The number of aryl methyl sites for hydroxylation is 1. The Hall–Kier alpha value is -2.49. The maximum absolute atomic E-state index is 11.1. The van der Waals surface area contributed by atoms with Crippen LogP contribution in [0.3, 0.4) is 0 Å². The molecule has 0 unspecified atom stereocenters. The second kappa shape index (κ2) is 5.44. The van der Waals surface area contributed by atoms with E-state index in [1.807, 2.05) is 25.1 Å². The molecule has 0 saturated carbocycles. The minimum absolute atomic E-state index is 0.254. The predicted molar refractivity (Wildman–Crippen MR) is 75.1 cm³/mol. The Kier molecular flexibility index (Phi) is 3.71. The number of phenolic OH excluding ortho intramolecular Hbond substituents is 1. The minimum Gasteiger partial charge on any atom is -0.508 e. The maximum Gasteiger partial charge on any atom is 0.248 e. The van der Waals surface area contributed by atoms with Gasteiger partial charge in [-0.05, 0) is 31.2 Å². The predicted octanol–water partition coefficient (Wildman–Crippen LogP) is 2.41. The van der Waals surface area contributed by atoms with Crippen molar-refractivity contribution in [1.82, 2.24) is 0 Å². The van der Waals surface area contributed by atoms with Gasteiger partial charge in [0.1, 0.15) is 5.75 Å². The molecular formula is C15H16N2O2. The fourth-order valence-electron chi connectivity index (χ4n) is 1.84. The highest BCUT2D eigenvalue weighted by molar-refractivity contribution is 5.93. The fourth-order valence-corrected chi connectivity index (χ4v) is 1.84. The van der Waals surface area contributed by atoms with Gasteiger partial charge in [-0.15, -0.1) is 0 Å². The molecule has 1 amide bonds. The van der Waals surface area contributed by atoms with Crippen LogP contribution in [0.5, 0.6) is 5.75 Å². The first kappa shape index (κ1) is 13.0. The summed E-state index contributed by atoms with van der Waals surface area (Å²) < 4.78 is 0. The molecule has 2 rings (SSSR count). The zero-order chi connectivity index (χ0) is 13.8. The number of hydrogen-bond donors (Lipinski definition) is 3. The number of nitrogens with two attached hydrogens (primary N) is 1. The lowest BCUT2D eigenvalue weighted by Gasteiger charge is -2.09. The van der Waals surface area contributed by atoms with Crippen LogP contribution in [0.1, 0.15) is 21.5 Å². The SMILES string of the molecule is Cc1ccc(O)c(CNc2cccc(C(N)=O)c2)c1. The van der Waals surface area contributed by atoms with Gasteiger partial charge in [0, 0.05) is 23.4 Å². The highest BCUT2D eigenvalue weighted by atomic mass is 16.3. The monoisotopic (exact) mass is 256 g/mol. The van der Waals surface area contributed by atoms with E-state index >= 15 is 0 Å². The van der Waals surface area contributed by atoms with Gasteiger partial charge < -0.3 is 16.2 Å². The van der Waals surface area contributed by atoms with Crippen LogP contribution in [0.2, 0.25) is 0 Å². The second-order valence-corrected chi connectivity index (χ2v) is 4.43. The largest absolute Gasteiger partial charge is 0.508 e. The van der Waals surface area contributed by atoms with Gasteiger partial charge in [-0.25, -0.2) is 0 Å². The number of benzene rings is 2. The second-order valence-electron chi connectivity index (χ2n) is 4.43. The van der Waals surface area contributed by atoms with E-state index in [0.29, 0.717) is 12.1 Å². The molecule has 2 aromatic carbocycles. The summed E-state index contributed by atoms with van der Waals surface area (Å²) in [5, 5.41) is 12.9. The molecule has 0 aliphatic carbocycles. The van der Waals surface area contributed by atoms with E-state index in [1.54, 1.807) is 24.3 Å². The first-order valence-corrected chi connectivity index (χ1v) is 5.98. The Morgan fingerprint density at radius 2 is 2.05 bits per heavy atom. The van der Waals surface area contributed by atoms with Crippen molar-refractivity contribution < 1.29 is 9.90 Å². The van der Waals surface area contributed by atoms with Gasteiger partial charge in [0.05, 0.1) is 0 Å². The van der Waals surface area contributed by atoms with Gasteiger partial charge in [-0.2, -0.15) is 0 Å². The molecule has 19 heavy (non-hydrogen) atoms. The van der Waals surface area contributed by atoms with Crippen LogP contribution in [0.25, 0.3) is 0 Å². The van der Waals surface area contributed by atoms with Crippen LogP contribution in [0.15, 0.2) is 42.5 Å². The summed E-state index contributed by atoms with van der Waals surface area (Å²) in [4.78, 5) is 11.1. The zero-order valence-corrected chi connectivity index (χ0v) is 10.7. The zero-order valence-electron chi connectivity index (χ0n) is 10.7. The van der Waals surface area contributed by atoms with E-state index < -0.39 is 5.91 Å². The van der Waals surface area contributed by atoms with Gasteiger partial charge in [0.15, 0.2) is 0 Å². The van der Waals surface area contributed by atoms with Crippen LogP contribution >= 0.6 is 0 Å². The molecule has 4 N–H and O–H groups in total. The normalized spacial score (nSPS) is 10.2. The molecule has 2 aromatic rings. The van der Waals surface area contributed by atoms with E-state index in [9.17, 15) is 9.90 Å². The number of aromatic hydroxyl groups is 1. The molecule has 0 aliphatic heterocycles. The Morgan fingerprint density at radius 1 is 1.26 bits per heavy atom. The van der Waals surface area contributed by atoms with Crippen molar-refractivity contribution in [2.75, 3.05) is 5.32 Å². The highest BCUT2D eigenvalue weighted by Gasteiger charge is 2.03. The van der Waals surface area contributed by atoms with Gasteiger partial charge in [0.25, 0.3) is 0 Å². The van der Waals surface area contributed by atoms with Crippen LogP contribution in [0, 0.1) is 6.92 Å². The van der Waals surface area contributed by atoms with Gasteiger partial charge in [-0.1, -0.05) is 23.8 Å². The highest BCUT2D eigenvalue weighted by Crippen LogP contribution is 2.20. The Bertz CT molecular complexity index is 609. The molecule has 0 fully saturated rings. The smallest absolute Gasteiger partial charge is 0.248 e. The molecule has 0 saturated heterocycles. The Morgan fingerprint density at radius 3 is 2.79 bits per heavy atom. The summed E-state index contributed by atoms with van der Waals surface area (Å²) in [5.41, 5.74) is 8.37. The van der Waals surface area contributed by atoms with Crippen molar-refractivity contribution in [1.29, 1.82) is 0 Å². The lowest BCUT2D eigenvalue weighted by atomic mass is 10.1. The van der Waals surface area contributed by atoms with Gasteiger partial charge in [-0.3, -0.25) is 4.79 Å². The molecular weight excluding hydrogens is 240 g/mol. The third-order valence-electron chi connectivity index (χ3n) is 2.87. The van der Waals surface area contributed by atoms with Gasteiger partial charge in [0.2, 0.25) is 5.91 Å². The van der Waals surface area contributed by atoms with E-state index in [2.05, 4.69) is 5.32 Å². The number of anilines is 1. The summed E-state index contributed by atoms with van der Waals surface area (Å²) in [6.45, 7) is 2.45. The van der Waals surface area contributed by atoms with Crippen molar-refractivity contribution in [2.45, 2.75) is 13.5 Å². The number of hydrogen-bond acceptors (Lipinski definition) is 3. The lowest BCUT2D eigenvalue weighted by Crippen LogP contribution is -2.11. The van der Waals surface area contributed by atoms with Crippen molar-refractivity contribution in [2.24, 2.45) is 5.73 Å². The Balaban J connectivity index is 2.12. The number of nitrogens with one attached hydrogen (secondary N) is 1. The molecule has 0 heterocycles. The summed E-state index contributed by atoms with van der Waals surface area (Å²) in [6.07, 6.45) is 0. The molecule has 4 heteroatoms. The number of primary amides is 1. The molecule has 98 valence electrons. The molecule has 0 radical (unpaired) electrons. The quantitative estimate of drug-likeness (QED) is 0.786. The van der Waals surface area contributed by atoms with Crippen LogP contribution in [-0.2, 0) is 6.54 Å². The standard InChI is InChI=1S/C15H16N2O2/c1-10-5-6-14(18)12(7-10)9-17-13-4-2-3-11(8-13)15(16)19/h2-8,17-18H,9H2,1H3,(H2,16,19). The topological polar surface area (TPSA) is 75.3 Å². The number of carbonyl (C=O) groups excluding carboxylic acids is 1. The van der Waals surface area contributed by atoms with Crippen LogP contribution in [0.4, 0.5) is 5.69 Å². The number of amides is 1. The van der Waals surface area contributed by atoms with Crippen LogP contribution in [-0.4, -0.2) is 11.0 Å². The first-order chi connectivity index (χ1) is 9.06. The number of carbonyl (C=O) groups is 1. The number of phenols is 1. The third-order valence-corrected chi connectivity index (χ3v) is 2.87. The van der Waals surface area contributed by atoms with Gasteiger partial charge >= 0.3 is 0 Å². The summed E-state index contributed by atoms with van der Waals surface area (Å²) in [6, 6.07) is 12.4. The van der Waals surface area contributed by atoms with E-state index in [4.69, 9.17) is 5.73 Å². The average Bonchev–Trinajstić information content (AvgIpc) is 2.40. The maximum atomic E-state index is 11.1. The first-order valence-electron chi connectivity index (χ1n) is 5.98. The van der Waals surface area contributed by atoms with Crippen molar-refractivity contribution in [3.63, 3.8) is 0 Å². The summed E-state index contributed by atoms with van der Waals surface area (Å²) in [5.74, 6) is -0.203. The van der Waals surface area contributed by atoms with E-state index in [0.717, 1.165) is 16.8 Å². The summed E-state index contributed by atoms with van der Waals surface area (Å²) in [7, 11) is 0. The van der Waals surface area contributed by atoms with Crippen molar-refractivity contribution in [3.8, 4) is 5.75 Å². The minimum atomic E-state index is -0.456. The van der Waals surface area contributed by atoms with Crippen molar-refractivity contribution >= 4 is 11.6 Å². The molecule has 0 atom stereocenters. The number of rotatable bonds is 4. The Labute approximate surface area is 111 Å². The summed E-state index contributed by atoms with van der Waals surface area (Å²) >= 11 is 0. The van der Waals surface area contributed by atoms with E-state index in [-0.39, 0.29) is 5.75 Å².